The highest BCUT2D eigenvalue weighted by atomic mass is 16.1. The maximum Gasteiger partial charge on any atom is 0.223 e. The minimum absolute atomic E-state index is 0.276. The molecule has 0 aliphatic rings. The Balaban J connectivity index is 3.94. The summed E-state index contributed by atoms with van der Waals surface area (Å²) in [7, 11) is 0. The van der Waals surface area contributed by atoms with Gasteiger partial charge in [-0.25, -0.2) is 0 Å². The van der Waals surface area contributed by atoms with E-state index in [9.17, 15) is 9.59 Å². The molecule has 0 atom stereocenters. The van der Waals surface area contributed by atoms with Crippen molar-refractivity contribution < 1.29 is 9.59 Å². The molecule has 0 saturated heterocycles. The molecular formula is C12H24N2O2. The lowest BCUT2D eigenvalue weighted by molar-refractivity contribution is -0.127. The van der Waals surface area contributed by atoms with E-state index in [0.29, 0.717) is 0 Å². The smallest absolute Gasteiger partial charge is 0.223 e. The van der Waals surface area contributed by atoms with Crippen LogP contribution in [0.4, 0.5) is 0 Å². The van der Waals surface area contributed by atoms with Crippen LogP contribution in [0.5, 0.6) is 0 Å². The van der Waals surface area contributed by atoms with Gasteiger partial charge in [-0.15, -0.1) is 0 Å². The van der Waals surface area contributed by atoms with Gasteiger partial charge in [0.15, 0.2) is 0 Å². The third-order valence-electron chi connectivity index (χ3n) is 3.19. The summed E-state index contributed by atoms with van der Waals surface area (Å²) >= 11 is 0. The maximum absolute atomic E-state index is 11.1. The molecular weight excluding hydrogens is 204 g/mol. The van der Waals surface area contributed by atoms with Crippen LogP contribution in [0.15, 0.2) is 0 Å². The number of hydrogen-bond acceptors (Lipinski definition) is 2. The molecule has 2 amide bonds. The van der Waals surface area contributed by atoms with Crippen molar-refractivity contribution in [2.45, 2.75) is 53.4 Å². The minimum Gasteiger partial charge on any atom is -0.369 e. The molecule has 0 saturated carbocycles. The van der Waals surface area contributed by atoms with Crippen LogP contribution >= 0.6 is 0 Å². The monoisotopic (exact) mass is 228 g/mol. The van der Waals surface area contributed by atoms with E-state index in [-0.39, 0.29) is 11.8 Å². The van der Waals surface area contributed by atoms with E-state index in [1.54, 1.807) is 0 Å². The van der Waals surface area contributed by atoms with Crippen LogP contribution in [0.25, 0.3) is 0 Å². The Hall–Kier alpha value is -1.06. The molecule has 0 unspecified atom stereocenters. The Bertz CT molecular complexity index is 242. The van der Waals surface area contributed by atoms with Gasteiger partial charge in [-0.3, -0.25) is 9.59 Å². The molecule has 16 heavy (non-hydrogen) atoms. The number of rotatable bonds is 7. The second kappa shape index (κ2) is 5.32. The average Bonchev–Trinajstić information content (AvgIpc) is 2.12. The molecule has 0 aliphatic heterocycles. The van der Waals surface area contributed by atoms with E-state index in [2.05, 4.69) is 0 Å². The molecule has 0 radical (unpaired) electrons. The molecule has 94 valence electrons. The van der Waals surface area contributed by atoms with Crippen LogP contribution in [0.1, 0.15) is 53.4 Å². The van der Waals surface area contributed by atoms with Crippen LogP contribution in [0.3, 0.4) is 0 Å². The van der Waals surface area contributed by atoms with Crippen molar-refractivity contribution in [2.75, 3.05) is 0 Å². The first-order valence-corrected chi connectivity index (χ1v) is 5.69. The molecule has 0 fully saturated rings. The quantitative estimate of drug-likeness (QED) is 0.648. The van der Waals surface area contributed by atoms with Crippen LogP contribution in [0, 0.1) is 10.8 Å². The van der Waals surface area contributed by atoms with Gasteiger partial charge in [0.1, 0.15) is 0 Å². The Morgan fingerprint density at radius 1 is 0.812 bits per heavy atom. The Morgan fingerprint density at radius 2 is 1.06 bits per heavy atom. The molecule has 4 N–H and O–H groups in total. The summed E-state index contributed by atoms with van der Waals surface area (Å²) in [6, 6.07) is 0. The lowest BCUT2D eigenvalue weighted by Crippen LogP contribution is -2.32. The summed E-state index contributed by atoms with van der Waals surface area (Å²) in [6.07, 6.45) is 3.26. The Kier molecular flexibility index (Phi) is 4.97. The van der Waals surface area contributed by atoms with Gasteiger partial charge < -0.3 is 11.5 Å². The van der Waals surface area contributed by atoms with Gasteiger partial charge in [0, 0.05) is 10.8 Å². The van der Waals surface area contributed by atoms with Gasteiger partial charge in [0.2, 0.25) is 11.8 Å². The normalized spacial score (nSPS) is 12.5. The number of nitrogens with two attached hydrogens (primary N) is 2. The number of hydrogen-bond donors (Lipinski definition) is 2. The molecule has 0 bridgehead atoms. The predicted molar refractivity (Wildman–Crippen MR) is 64.4 cm³/mol. The third-order valence-corrected chi connectivity index (χ3v) is 3.19. The number of amides is 2. The minimum atomic E-state index is -0.461. The van der Waals surface area contributed by atoms with Crippen LogP contribution < -0.4 is 11.5 Å². The highest BCUT2D eigenvalue weighted by Crippen LogP contribution is 2.27. The first-order chi connectivity index (χ1) is 7.09. The fourth-order valence-corrected chi connectivity index (χ4v) is 1.38. The van der Waals surface area contributed by atoms with E-state index in [1.165, 1.54) is 0 Å². The molecule has 0 rings (SSSR count). The summed E-state index contributed by atoms with van der Waals surface area (Å²) in [5.74, 6) is -0.552. The Morgan fingerprint density at radius 3 is 1.25 bits per heavy atom. The second-order valence-electron chi connectivity index (χ2n) is 5.70. The summed E-state index contributed by atoms with van der Waals surface area (Å²) in [4.78, 5) is 22.1. The van der Waals surface area contributed by atoms with E-state index in [4.69, 9.17) is 11.5 Å². The zero-order valence-corrected chi connectivity index (χ0v) is 10.8. The fraction of sp³-hybridized carbons (Fsp3) is 0.833. The Labute approximate surface area is 97.8 Å². The topological polar surface area (TPSA) is 86.2 Å². The van der Waals surface area contributed by atoms with Crippen molar-refractivity contribution in [2.24, 2.45) is 22.3 Å². The average molecular weight is 228 g/mol. The van der Waals surface area contributed by atoms with Gasteiger partial charge in [0.25, 0.3) is 0 Å². The molecule has 4 nitrogen and oxygen atoms in total. The molecule has 0 aromatic heterocycles. The van der Waals surface area contributed by atoms with Crippen molar-refractivity contribution >= 4 is 11.8 Å². The van der Waals surface area contributed by atoms with Crippen molar-refractivity contribution in [3.63, 3.8) is 0 Å². The molecule has 0 spiro atoms. The number of unbranched alkanes of at least 4 members (excludes halogenated alkanes) is 1. The summed E-state index contributed by atoms with van der Waals surface area (Å²) in [6.45, 7) is 7.37. The molecule has 0 aromatic carbocycles. The van der Waals surface area contributed by atoms with E-state index >= 15 is 0 Å². The van der Waals surface area contributed by atoms with E-state index in [1.807, 2.05) is 27.7 Å². The van der Waals surface area contributed by atoms with E-state index in [0.717, 1.165) is 25.7 Å². The van der Waals surface area contributed by atoms with Crippen molar-refractivity contribution in [3.8, 4) is 0 Å². The van der Waals surface area contributed by atoms with Crippen molar-refractivity contribution in [1.82, 2.24) is 0 Å². The third kappa shape index (κ3) is 4.64. The number of primary amides is 2. The second-order valence-corrected chi connectivity index (χ2v) is 5.70. The zero-order valence-electron chi connectivity index (χ0n) is 10.8. The van der Waals surface area contributed by atoms with Gasteiger partial charge in [0.05, 0.1) is 0 Å². The largest absolute Gasteiger partial charge is 0.369 e. The molecule has 4 heteroatoms. The van der Waals surface area contributed by atoms with Gasteiger partial charge >= 0.3 is 0 Å². The zero-order chi connectivity index (χ0) is 13.0. The van der Waals surface area contributed by atoms with Gasteiger partial charge in [-0.1, -0.05) is 40.5 Å². The summed E-state index contributed by atoms with van der Waals surface area (Å²) in [5.41, 5.74) is 9.62. The lowest BCUT2D eigenvalue weighted by atomic mass is 9.82. The van der Waals surface area contributed by atoms with Crippen molar-refractivity contribution in [3.05, 3.63) is 0 Å². The number of carbonyl (C=O) groups is 2. The predicted octanol–water partition coefficient (Wildman–Crippen LogP) is 1.57. The van der Waals surface area contributed by atoms with Crippen LogP contribution in [0.2, 0.25) is 0 Å². The molecule has 0 aliphatic carbocycles. The van der Waals surface area contributed by atoms with Crippen LogP contribution in [-0.4, -0.2) is 11.8 Å². The first kappa shape index (κ1) is 14.9. The first-order valence-electron chi connectivity index (χ1n) is 5.69. The standard InChI is InChI=1S/C12H24N2O2/c1-11(2,9(13)15)7-5-6-8-12(3,4)10(14)16/h5-8H2,1-4H3,(H2,13,15)(H2,14,16). The van der Waals surface area contributed by atoms with Gasteiger partial charge in [-0.05, 0) is 12.8 Å². The number of carbonyl (C=O) groups excluding carboxylic acids is 2. The summed E-state index contributed by atoms with van der Waals surface area (Å²) < 4.78 is 0. The fourth-order valence-electron chi connectivity index (χ4n) is 1.38. The van der Waals surface area contributed by atoms with E-state index < -0.39 is 10.8 Å². The highest BCUT2D eigenvalue weighted by molar-refractivity contribution is 5.80. The van der Waals surface area contributed by atoms with Crippen molar-refractivity contribution in [1.29, 1.82) is 0 Å². The molecule has 0 aromatic rings. The SMILES string of the molecule is CC(C)(CCCCC(C)(C)C(N)=O)C(N)=O. The molecule has 0 heterocycles. The maximum atomic E-state index is 11.1. The summed E-state index contributed by atoms with van der Waals surface area (Å²) in [5, 5.41) is 0. The van der Waals surface area contributed by atoms with Crippen LogP contribution in [-0.2, 0) is 9.59 Å². The highest BCUT2D eigenvalue weighted by Gasteiger charge is 2.26. The van der Waals surface area contributed by atoms with Gasteiger partial charge in [-0.2, -0.15) is 0 Å². The lowest BCUT2D eigenvalue weighted by Gasteiger charge is -2.23.